The van der Waals surface area contributed by atoms with Gasteiger partial charge in [-0.3, -0.25) is 19.7 Å². The van der Waals surface area contributed by atoms with Crippen molar-refractivity contribution < 1.29 is 19.1 Å². The van der Waals surface area contributed by atoms with E-state index in [2.05, 4.69) is 5.32 Å². The molecule has 102 valence electrons. The van der Waals surface area contributed by atoms with E-state index in [1.54, 1.807) is 12.1 Å². The van der Waals surface area contributed by atoms with Crippen LogP contribution in [0.4, 0.5) is 5.69 Å². The van der Waals surface area contributed by atoms with E-state index in [0.29, 0.717) is 25.0 Å². The summed E-state index contributed by atoms with van der Waals surface area (Å²) in [7, 11) is 1.84. The predicted octanol–water partition coefficient (Wildman–Crippen LogP) is 0.363. The van der Waals surface area contributed by atoms with Crippen LogP contribution in [0, 0.1) is 0 Å². The first-order valence-electron chi connectivity index (χ1n) is 5.78. The lowest BCUT2D eigenvalue weighted by Gasteiger charge is -2.18. The van der Waals surface area contributed by atoms with Gasteiger partial charge in [0.1, 0.15) is 12.4 Å². The Bertz CT molecular complexity index is 431. The molecule has 0 saturated carbocycles. The molecule has 0 bridgehead atoms. The highest BCUT2D eigenvalue weighted by Crippen LogP contribution is 2.18. The normalized spacial score (nSPS) is 9.53. The van der Waals surface area contributed by atoms with Gasteiger partial charge in [0, 0.05) is 25.7 Å². The summed E-state index contributed by atoms with van der Waals surface area (Å²) in [5.41, 5.74) is 0.914. The lowest BCUT2D eigenvalue weighted by molar-refractivity contribution is -0.125. The minimum absolute atomic E-state index is 0.0288. The molecule has 0 saturated heterocycles. The summed E-state index contributed by atoms with van der Waals surface area (Å²) in [6, 6.07) is 7.16. The van der Waals surface area contributed by atoms with E-state index in [4.69, 9.17) is 4.74 Å². The van der Waals surface area contributed by atoms with Gasteiger partial charge in [-0.2, -0.15) is 0 Å². The number of imide groups is 1. The third kappa shape index (κ3) is 5.20. The molecule has 2 amide bonds. The standard InChI is InChI=1S/C13H16N2O4/c1-15(7-6-13(18)14-10-17)11-2-4-12(5-3-11)19-9-8-16/h2-5,8,10H,6-7,9H2,1H3,(H,14,17,18). The predicted molar refractivity (Wildman–Crippen MR) is 70.1 cm³/mol. The van der Waals surface area contributed by atoms with Crippen molar-refractivity contribution in [3.63, 3.8) is 0 Å². The molecular weight excluding hydrogens is 248 g/mol. The number of carbonyl (C=O) groups excluding carboxylic acids is 3. The van der Waals surface area contributed by atoms with Gasteiger partial charge in [0.2, 0.25) is 12.3 Å². The van der Waals surface area contributed by atoms with Crippen LogP contribution in [0.15, 0.2) is 24.3 Å². The molecule has 6 heteroatoms. The highest BCUT2D eigenvalue weighted by molar-refractivity contribution is 5.86. The molecule has 0 aliphatic heterocycles. The van der Waals surface area contributed by atoms with Crippen molar-refractivity contribution in [3.05, 3.63) is 24.3 Å². The minimum Gasteiger partial charge on any atom is -0.486 e. The molecule has 0 heterocycles. The second kappa shape index (κ2) is 7.86. The molecule has 0 radical (unpaired) electrons. The van der Waals surface area contributed by atoms with Gasteiger partial charge < -0.3 is 9.64 Å². The summed E-state index contributed by atoms with van der Waals surface area (Å²) in [6.45, 7) is 0.523. The highest BCUT2D eigenvalue weighted by atomic mass is 16.5. The highest BCUT2D eigenvalue weighted by Gasteiger charge is 2.05. The Morgan fingerprint density at radius 3 is 2.58 bits per heavy atom. The molecule has 1 aromatic carbocycles. The molecule has 0 spiro atoms. The number of nitrogens with zero attached hydrogens (tertiary/aromatic N) is 1. The number of ether oxygens (including phenoxy) is 1. The van der Waals surface area contributed by atoms with E-state index < -0.39 is 0 Å². The fourth-order valence-electron chi connectivity index (χ4n) is 1.46. The first-order valence-corrected chi connectivity index (χ1v) is 5.78. The average Bonchev–Trinajstić information content (AvgIpc) is 2.43. The molecule has 19 heavy (non-hydrogen) atoms. The number of hydrogen-bond donors (Lipinski definition) is 1. The SMILES string of the molecule is CN(CCC(=O)NC=O)c1ccc(OCC=O)cc1. The van der Waals surface area contributed by atoms with Crippen LogP contribution in [0.2, 0.25) is 0 Å². The summed E-state index contributed by atoms with van der Waals surface area (Å²) in [5.74, 6) is 0.302. The van der Waals surface area contributed by atoms with Crippen LogP contribution < -0.4 is 15.0 Å². The molecular formula is C13H16N2O4. The number of anilines is 1. The van der Waals surface area contributed by atoms with Crippen LogP contribution in [0.25, 0.3) is 0 Å². The quantitative estimate of drug-likeness (QED) is 0.686. The molecule has 6 nitrogen and oxygen atoms in total. The van der Waals surface area contributed by atoms with Gasteiger partial charge in [-0.15, -0.1) is 0 Å². The summed E-state index contributed by atoms with van der Waals surface area (Å²) in [4.78, 5) is 33.2. The van der Waals surface area contributed by atoms with Gasteiger partial charge in [-0.1, -0.05) is 0 Å². The van der Waals surface area contributed by atoms with Gasteiger partial charge in [0.25, 0.3) is 0 Å². The lowest BCUT2D eigenvalue weighted by atomic mass is 10.2. The maximum Gasteiger partial charge on any atom is 0.228 e. The van der Waals surface area contributed by atoms with Gasteiger partial charge in [-0.05, 0) is 24.3 Å². The van der Waals surface area contributed by atoms with Crippen LogP contribution >= 0.6 is 0 Å². The zero-order valence-electron chi connectivity index (χ0n) is 10.7. The maximum atomic E-state index is 11.1. The van der Waals surface area contributed by atoms with Crippen molar-refractivity contribution >= 4 is 24.3 Å². The Morgan fingerprint density at radius 2 is 2.00 bits per heavy atom. The summed E-state index contributed by atoms with van der Waals surface area (Å²) >= 11 is 0. The smallest absolute Gasteiger partial charge is 0.228 e. The molecule has 1 aromatic rings. The van der Waals surface area contributed by atoms with Crippen LogP contribution in [0.3, 0.4) is 0 Å². The van der Waals surface area contributed by atoms with E-state index in [9.17, 15) is 14.4 Å². The zero-order valence-corrected chi connectivity index (χ0v) is 10.7. The molecule has 0 aliphatic rings. The number of carbonyl (C=O) groups is 3. The van der Waals surface area contributed by atoms with E-state index in [1.807, 2.05) is 24.1 Å². The largest absolute Gasteiger partial charge is 0.486 e. The van der Waals surface area contributed by atoms with Gasteiger partial charge >= 0.3 is 0 Å². The molecule has 1 N–H and O–H groups in total. The summed E-state index contributed by atoms with van der Waals surface area (Å²) in [5, 5.41) is 2.09. The number of amides is 2. The number of nitrogens with one attached hydrogen (secondary N) is 1. The maximum absolute atomic E-state index is 11.1. The molecule has 0 fully saturated rings. The number of aldehydes is 1. The molecule has 0 unspecified atom stereocenters. The second-order valence-corrected chi connectivity index (χ2v) is 3.83. The van der Waals surface area contributed by atoms with Crippen molar-refractivity contribution in [1.29, 1.82) is 0 Å². The van der Waals surface area contributed by atoms with Gasteiger partial charge in [0.15, 0.2) is 6.29 Å². The second-order valence-electron chi connectivity index (χ2n) is 3.83. The fourth-order valence-corrected chi connectivity index (χ4v) is 1.46. The third-order valence-corrected chi connectivity index (χ3v) is 2.49. The Kier molecular flexibility index (Phi) is 6.08. The Labute approximate surface area is 111 Å². The van der Waals surface area contributed by atoms with Crippen molar-refractivity contribution in [2.24, 2.45) is 0 Å². The number of benzene rings is 1. The van der Waals surface area contributed by atoms with E-state index in [1.165, 1.54) is 0 Å². The van der Waals surface area contributed by atoms with Crippen molar-refractivity contribution in [2.75, 3.05) is 25.1 Å². The summed E-state index contributed by atoms with van der Waals surface area (Å²) in [6.07, 6.45) is 1.30. The first kappa shape index (κ1) is 14.7. The molecule has 0 atom stereocenters. The van der Waals surface area contributed by atoms with Crippen LogP contribution in [-0.4, -0.2) is 38.8 Å². The third-order valence-electron chi connectivity index (χ3n) is 2.49. The fraction of sp³-hybridized carbons (Fsp3) is 0.308. The molecule has 0 aliphatic carbocycles. The minimum atomic E-state index is -0.312. The Hall–Kier alpha value is -2.37. The van der Waals surface area contributed by atoms with Crippen molar-refractivity contribution in [2.45, 2.75) is 6.42 Å². The molecule has 1 rings (SSSR count). The Morgan fingerprint density at radius 1 is 1.32 bits per heavy atom. The monoisotopic (exact) mass is 264 g/mol. The molecule has 0 aromatic heterocycles. The first-order chi connectivity index (χ1) is 9.17. The van der Waals surface area contributed by atoms with Gasteiger partial charge in [0.05, 0.1) is 0 Å². The van der Waals surface area contributed by atoms with Crippen LogP contribution in [0.1, 0.15) is 6.42 Å². The van der Waals surface area contributed by atoms with Crippen molar-refractivity contribution in [1.82, 2.24) is 5.32 Å². The Balaban J connectivity index is 2.47. The topological polar surface area (TPSA) is 75.7 Å². The van der Waals surface area contributed by atoms with E-state index in [-0.39, 0.29) is 18.9 Å². The van der Waals surface area contributed by atoms with Crippen LogP contribution in [0.5, 0.6) is 5.75 Å². The van der Waals surface area contributed by atoms with Crippen LogP contribution in [-0.2, 0) is 14.4 Å². The average molecular weight is 264 g/mol. The van der Waals surface area contributed by atoms with Crippen molar-refractivity contribution in [3.8, 4) is 5.75 Å². The number of hydrogen-bond acceptors (Lipinski definition) is 5. The zero-order chi connectivity index (χ0) is 14.1. The number of rotatable bonds is 8. The van der Waals surface area contributed by atoms with E-state index >= 15 is 0 Å². The van der Waals surface area contributed by atoms with E-state index in [0.717, 1.165) is 5.69 Å². The van der Waals surface area contributed by atoms with Gasteiger partial charge in [-0.25, -0.2) is 0 Å². The lowest BCUT2D eigenvalue weighted by Crippen LogP contribution is -2.27. The summed E-state index contributed by atoms with van der Waals surface area (Å²) < 4.78 is 5.13.